The van der Waals surface area contributed by atoms with Gasteiger partial charge in [-0.2, -0.15) is 0 Å². The van der Waals surface area contributed by atoms with E-state index in [9.17, 15) is 4.79 Å². The molecule has 0 bridgehead atoms. The first-order chi connectivity index (χ1) is 7.30. The van der Waals surface area contributed by atoms with Gasteiger partial charge in [0.1, 0.15) is 6.04 Å². The highest BCUT2D eigenvalue weighted by Crippen LogP contribution is 2.11. The lowest BCUT2D eigenvalue weighted by Crippen LogP contribution is -2.38. The summed E-state index contributed by atoms with van der Waals surface area (Å²) in [6, 6.07) is -0.589. The van der Waals surface area contributed by atoms with Gasteiger partial charge >= 0.3 is 5.97 Å². The van der Waals surface area contributed by atoms with E-state index in [2.05, 4.69) is 0 Å². The van der Waals surface area contributed by atoms with Crippen LogP contribution in [0.5, 0.6) is 0 Å². The SMILES string of the molecule is C/C=C\C(C)(C)OCOC(=O)[C@@H](N)C(C)C. The molecule has 0 aromatic carbocycles. The molecule has 0 aromatic rings. The molecule has 0 saturated carbocycles. The number of allylic oxidation sites excluding steroid dienone is 1. The average molecular weight is 229 g/mol. The number of carbonyl (C=O) groups is 1. The van der Waals surface area contributed by atoms with E-state index in [0.29, 0.717) is 0 Å². The summed E-state index contributed by atoms with van der Waals surface area (Å²) in [4.78, 5) is 11.4. The molecule has 1 atom stereocenters. The highest BCUT2D eigenvalue weighted by atomic mass is 16.7. The monoisotopic (exact) mass is 229 g/mol. The average Bonchev–Trinajstić information content (AvgIpc) is 2.15. The molecule has 0 rings (SSSR count). The van der Waals surface area contributed by atoms with Gasteiger partial charge in [0, 0.05) is 0 Å². The van der Waals surface area contributed by atoms with Crippen LogP contribution in [0.3, 0.4) is 0 Å². The zero-order chi connectivity index (χ0) is 12.8. The Bertz CT molecular complexity index is 247. The van der Waals surface area contributed by atoms with Gasteiger partial charge in [-0.15, -0.1) is 0 Å². The minimum Gasteiger partial charge on any atom is -0.437 e. The van der Waals surface area contributed by atoms with Crippen molar-refractivity contribution in [3.8, 4) is 0 Å². The molecular formula is C12H23NO3. The Morgan fingerprint density at radius 3 is 2.44 bits per heavy atom. The Labute approximate surface area is 97.8 Å². The smallest absolute Gasteiger partial charge is 0.325 e. The molecule has 0 saturated heterocycles. The van der Waals surface area contributed by atoms with E-state index in [1.165, 1.54) is 0 Å². The predicted molar refractivity (Wildman–Crippen MR) is 63.8 cm³/mol. The molecule has 4 nitrogen and oxygen atoms in total. The first-order valence-electron chi connectivity index (χ1n) is 5.50. The Balaban J connectivity index is 3.95. The van der Waals surface area contributed by atoms with E-state index in [0.717, 1.165) is 0 Å². The highest BCUT2D eigenvalue weighted by molar-refractivity contribution is 5.75. The second-order valence-electron chi connectivity index (χ2n) is 4.60. The van der Waals surface area contributed by atoms with Crippen molar-refractivity contribution in [2.24, 2.45) is 11.7 Å². The van der Waals surface area contributed by atoms with Crippen molar-refractivity contribution in [3.63, 3.8) is 0 Å². The van der Waals surface area contributed by atoms with Crippen LogP contribution in [0.4, 0.5) is 0 Å². The van der Waals surface area contributed by atoms with Crippen LogP contribution in [-0.4, -0.2) is 24.4 Å². The molecule has 4 heteroatoms. The largest absolute Gasteiger partial charge is 0.437 e. The number of hydrogen-bond donors (Lipinski definition) is 1. The Kier molecular flexibility index (Phi) is 6.29. The molecule has 0 radical (unpaired) electrons. The molecule has 94 valence electrons. The summed E-state index contributed by atoms with van der Waals surface area (Å²) in [5.41, 5.74) is 5.19. The molecule has 0 aliphatic rings. The summed E-state index contributed by atoms with van der Waals surface area (Å²) in [5, 5.41) is 0. The van der Waals surface area contributed by atoms with Gasteiger partial charge in [0.25, 0.3) is 0 Å². The fraction of sp³-hybridized carbons (Fsp3) is 0.750. The van der Waals surface area contributed by atoms with Gasteiger partial charge in [-0.05, 0) is 26.7 Å². The van der Waals surface area contributed by atoms with Crippen LogP contribution in [0.25, 0.3) is 0 Å². The molecule has 0 unspecified atom stereocenters. The summed E-state index contributed by atoms with van der Waals surface area (Å²) in [6.45, 7) is 9.36. The zero-order valence-electron chi connectivity index (χ0n) is 10.8. The fourth-order valence-electron chi connectivity index (χ4n) is 1.06. The summed E-state index contributed by atoms with van der Waals surface area (Å²) in [6.07, 6.45) is 3.78. The number of rotatable bonds is 6. The second-order valence-corrected chi connectivity index (χ2v) is 4.60. The Morgan fingerprint density at radius 2 is 2.00 bits per heavy atom. The number of ether oxygens (including phenoxy) is 2. The maximum Gasteiger partial charge on any atom is 0.325 e. The van der Waals surface area contributed by atoms with Crippen LogP contribution >= 0.6 is 0 Å². The van der Waals surface area contributed by atoms with Gasteiger partial charge in [0.15, 0.2) is 6.79 Å². The summed E-state index contributed by atoms with van der Waals surface area (Å²) in [5.74, 6) is -0.359. The standard InChI is InChI=1S/C12H23NO3/c1-6-7-12(4,5)16-8-15-11(14)10(13)9(2)3/h6-7,9-10H,8,13H2,1-5H3/b7-6-/t10-/m0/s1. The van der Waals surface area contributed by atoms with Crippen molar-refractivity contribution in [2.75, 3.05) is 6.79 Å². The van der Waals surface area contributed by atoms with Crippen LogP contribution in [0.1, 0.15) is 34.6 Å². The van der Waals surface area contributed by atoms with Gasteiger partial charge in [-0.3, -0.25) is 4.79 Å². The van der Waals surface area contributed by atoms with Crippen molar-refractivity contribution in [1.82, 2.24) is 0 Å². The molecular weight excluding hydrogens is 206 g/mol. The predicted octanol–water partition coefficient (Wildman–Crippen LogP) is 1.84. The molecule has 16 heavy (non-hydrogen) atoms. The molecule has 0 aromatic heterocycles. The molecule has 0 fully saturated rings. The fourth-order valence-corrected chi connectivity index (χ4v) is 1.06. The van der Waals surface area contributed by atoms with Crippen LogP contribution in [0.2, 0.25) is 0 Å². The molecule has 2 N–H and O–H groups in total. The van der Waals surface area contributed by atoms with Crippen LogP contribution in [0.15, 0.2) is 12.2 Å². The third-order valence-corrected chi connectivity index (χ3v) is 2.19. The quantitative estimate of drug-likeness (QED) is 0.429. The Hall–Kier alpha value is -0.870. The number of esters is 1. The molecule has 0 spiro atoms. The maximum absolute atomic E-state index is 11.4. The van der Waals surface area contributed by atoms with E-state index >= 15 is 0 Å². The normalized spacial score (nSPS) is 14.4. The zero-order valence-corrected chi connectivity index (χ0v) is 10.8. The van der Waals surface area contributed by atoms with E-state index in [4.69, 9.17) is 15.2 Å². The van der Waals surface area contributed by atoms with Crippen molar-refractivity contribution in [2.45, 2.75) is 46.3 Å². The first kappa shape index (κ1) is 15.1. The van der Waals surface area contributed by atoms with E-state index in [1.807, 2.05) is 46.8 Å². The van der Waals surface area contributed by atoms with Crippen molar-refractivity contribution in [1.29, 1.82) is 0 Å². The minimum atomic E-state index is -0.589. The summed E-state index contributed by atoms with van der Waals surface area (Å²) in [7, 11) is 0. The lowest BCUT2D eigenvalue weighted by atomic mass is 10.1. The van der Waals surface area contributed by atoms with Gasteiger partial charge in [-0.1, -0.05) is 26.0 Å². The third kappa shape index (κ3) is 5.88. The molecule has 0 heterocycles. The Morgan fingerprint density at radius 1 is 1.44 bits per heavy atom. The summed E-state index contributed by atoms with van der Waals surface area (Å²) >= 11 is 0. The van der Waals surface area contributed by atoms with Gasteiger partial charge in [0.2, 0.25) is 0 Å². The molecule has 0 aliphatic heterocycles. The van der Waals surface area contributed by atoms with E-state index < -0.39 is 17.6 Å². The third-order valence-electron chi connectivity index (χ3n) is 2.19. The lowest BCUT2D eigenvalue weighted by molar-refractivity contribution is -0.166. The van der Waals surface area contributed by atoms with Gasteiger partial charge < -0.3 is 15.2 Å². The summed E-state index contributed by atoms with van der Waals surface area (Å²) < 4.78 is 10.3. The van der Waals surface area contributed by atoms with Crippen LogP contribution in [-0.2, 0) is 14.3 Å². The van der Waals surface area contributed by atoms with Crippen molar-refractivity contribution in [3.05, 3.63) is 12.2 Å². The number of carbonyl (C=O) groups excluding carboxylic acids is 1. The van der Waals surface area contributed by atoms with Crippen molar-refractivity contribution >= 4 is 5.97 Å². The second kappa shape index (κ2) is 6.66. The minimum absolute atomic E-state index is 0.0658. The molecule has 0 aliphatic carbocycles. The topological polar surface area (TPSA) is 61.5 Å². The van der Waals surface area contributed by atoms with E-state index in [1.54, 1.807) is 0 Å². The van der Waals surface area contributed by atoms with Crippen LogP contribution in [0, 0.1) is 5.92 Å². The van der Waals surface area contributed by atoms with Crippen LogP contribution < -0.4 is 5.73 Å². The van der Waals surface area contributed by atoms with E-state index in [-0.39, 0.29) is 12.7 Å². The van der Waals surface area contributed by atoms with Crippen molar-refractivity contribution < 1.29 is 14.3 Å². The lowest BCUT2D eigenvalue weighted by Gasteiger charge is -2.22. The highest BCUT2D eigenvalue weighted by Gasteiger charge is 2.20. The van der Waals surface area contributed by atoms with Gasteiger partial charge in [0.05, 0.1) is 5.60 Å². The first-order valence-corrected chi connectivity index (χ1v) is 5.50. The number of nitrogens with two attached hydrogens (primary N) is 1. The number of hydrogen-bond acceptors (Lipinski definition) is 4. The molecule has 0 amide bonds. The van der Waals surface area contributed by atoms with Gasteiger partial charge in [-0.25, -0.2) is 0 Å². The maximum atomic E-state index is 11.4.